The van der Waals surface area contributed by atoms with E-state index >= 15 is 0 Å². The Balaban J connectivity index is 1.64. The van der Waals surface area contributed by atoms with Gasteiger partial charge in [0.2, 0.25) is 0 Å². The third kappa shape index (κ3) is 3.00. The van der Waals surface area contributed by atoms with E-state index in [0.717, 1.165) is 42.6 Å². The van der Waals surface area contributed by atoms with E-state index in [4.69, 9.17) is 11.6 Å². The number of ketones is 1. The Morgan fingerprint density at radius 1 is 1.07 bits per heavy atom. The molecule has 0 N–H and O–H groups in total. The fraction of sp³-hybridized carbons (Fsp3) is 0.435. The minimum atomic E-state index is -1.40. The van der Waals surface area contributed by atoms with E-state index in [1.54, 1.807) is 0 Å². The molecule has 2 aromatic rings. The Bertz CT molecular complexity index is 864. The lowest BCUT2D eigenvalue weighted by Crippen LogP contribution is -2.30. The van der Waals surface area contributed by atoms with Crippen LogP contribution in [0.5, 0.6) is 0 Å². The molecule has 4 atom stereocenters. The molecule has 2 saturated carbocycles. The number of carbonyl (C=O) groups excluding carboxylic acids is 1. The van der Waals surface area contributed by atoms with Gasteiger partial charge in [-0.3, -0.25) is 9.00 Å². The molecule has 142 valence electrons. The molecule has 1 spiro atoms. The van der Waals surface area contributed by atoms with Crippen molar-refractivity contribution in [2.45, 2.75) is 54.6 Å². The fourth-order valence-electron chi connectivity index (χ4n) is 4.84. The molecule has 0 saturated heterocycles. The van der Waals surface area contributed by atoms with Gasteiger partial charge in [0.15, 0.2) is 0 Å². The topological polar surface area (TPSA) is 34.1 Å². The molecule has 2 aliphatic rings. The van der Waals surface area contributed by atoms with Crippen LogP contribution in [0, 0.1) is 18.3 Å². The van der Waals surface area contributed by atoms with Crippen molar-refractivity contribution in [3.05, 3.63) is 65.7 Å². The third-order valence-electron chi connectivity index (χ3n) is 6.36. The molecule has 0 heterocycles. The van der Waals surface area contributed by atoms with Crippen LogP contribution >= 0.6 is 11.6 Å². The summed E-state index contributed by atoms with van der Waals surface area (Å²) in [6.07, 6.45) is 4.92. The molecule has 2 fully saturated rings. The van der Waals surface area contributed by atoms with Crippen LogP contribution in [0.25, 0.3) is 0 Å². The number of alkyl halides is 1. The molecular weight excluding hydrogens is 376 g/mol. The molecule has 27 heavy (non-hydrogen) atoms. The predicted molar refractivity (Wildman–Crippen MR) is 110 cm³/mol. The molecule has 2 aromatic carbocycles. The number of hydrogen-bond donors (Lipinski definition) is 0. The van der Waals surface area contributed by atoms with E-state index in [9.17, 15) is 9.00 Å². The molecule has 2 nitrogen and oxygen atoms in total. The molecule has 1 unspecified atom stereocenters. The second kappa shape index (κ2) is 7.18. The van der Waals surface area contributed by atoms with Gasteiger partial charge in [-0.25, -0.2) is 0 Å². The van der Waals surface area contributed by atoms with Gasteiger partial charge in [-0.2, -0.15) is 0 Å². The summed E-state index contributed by atoms with van der Waals surface area (Å²) in [7, 11) is -1.40. The van der Waals surface area contributed by atoms with Crippen LogP contribution in [0.1, 0.15) is 43.2 Å². The lowest BCUT2D eigenvalue weighted by molar-refractivity contribution is -0.126. The summed E-state index contributed by atoms with van der Waals surface area (Å²) in [6.45, 7) is 2.01. The van der Waals surface area contributed by atoms with Crippen LogP contribution in [0.15, 0.2) is 59.5 Å². The van der Waals surface area contributed by atoms with Crippen molar-refractivity contribution < 1.29 is 9.00 Å². The Morgan fingerprint density at radius 3 is 2.44 bits per heavy atom. The fourth-order valence-corrected chi connectivity index (χ4v) is 7.61. The van der Waals surface area contributed by atoms with E-state index in [-0.39, 0.29) is 11.7 Å². The van der Waals surface area contributed by atoms with E-state index < -0.39 is 20.4 Å². The highest BCUT2D eigenvalue weighted by Crippen LogP contribution is 2.74. The van der Waals surface area contributed by atoms with E-state index in [2.05, 4.69) is 12.1 Å². The number of hydrogen-bond acceptors (Lipinski definition) is 2. The van der Waals surface area contributed by atoms with E-state index in [0.29, 0.717) is 6.42 Å². The maximum Gasteiger partial charge on any atom is 0.142 e. The minimum absolute atomic E-state index is 0.0261. The van der Waals surface area contributed by atoms with Crippen LogP contribution < -0.4 is 0 Å². The first-order valence-corrected chi connectivity index (χ1v) is 11.3. The van der Waals surface area contributed by atoms with Gasteiger partial charge < -0.3 is 0 Å². The van der Waals surface area contributed by atoms with Crippen molar-refractivity contribution in [1.29, 1.82) is 0 Å². The quantitative estimate of drug-likeness (QED) is 0.627. The van der Waals surface area contributed by atoms with Crippen LogP contribution in [0.3, 0.4) is 0 Å². The van der Waals surface area contributed by atoms with Crippen molar-refractivity contribution >= 4 is 28.2 Å². The van der Waals surface area contributed by atoms with Gasteiger partial charge in [0.25, 0.3) is 0 Å². The number of rotatable bonds is 5. The van der Waals surface area contributed by atoms with Gasteiger partial charge in [-0.1, -0.05) is 54.4 Å². The number of carbonyl (C=O) groups is 1. The van der Waals surface area contributed by atoms with E-state index in [1.807, 2.05) is 49.4 Å². The lowest BCUT2D eigenvalue weighted by Gasteiger charge is -2.24. The van der Waals surface area contributed by atoms with Gasteiger partial charge in [0.05, 0.1) is 16.2 Å². The second-order valence-electron chi connectivity index (χ2n) is 7.91. The first kappa shape index (κ1) is 18.9. The average molecular weight is 401 g/mol. The number of Topliss-reactive ketones (excluding diaryl/α,β-unsaturated/α-hetero) is 1. The highest BCUT2D eigenvalue weighted by Gasteiger charge is 2.81. The molecule has 0 amide bonds. The smallest absolute Gasteiger partial charge is 0.142 e. The molecule has 0 radical (unpaired) electrons. The minimum Gasteiger partial charge on any atom is -0.299 e. The number of benzene rings is 2. The molecule has 2 aliphatic carbocycles. The maximum atomic E-state index is 13.5. The summed E-state index contributed by atoms with van der Waals surface area (Å²) >= 11 is 7.11. The summed E-state index contributed by atoms with van der Waals surface area (Å²) in [4.78, 5) is 13.7. The van der Waals surface area contributed by atoms with Gasteiger partial charge in [-0.05, 0) is 50.3 Å². The maximum absolute atomic E-state index is 13.5. The zero-order valence-electron chi connectivity index (χ0n) is 15.6. The molecule has 4 rings (SSSR count). The standard InChI is InChI=1S/C23H25ClO2S/c1-17-10-13-19(14-11-17)27(26)23(24)20(15-12-18-7-3-2-4-8-18)22(23)16-6-5-9-21(22)25/h2-4,7-8,10-11,13-14,20H,5-6,9,12,15-16H2,1H3/t20-,22+,23+,27?/m1/s1. The van der Waals surface area contributed by atoms with Crippen molar-refractivity contribution in [3.63, 3.8) is 0 Å². The largest absolute Gasteiger partial charge is 0.299 e. The highest BCUT2D eigenvalue weighted by molar-refractivity contribution is 7.88. The van der Waals surface area contributed by atoms with Crippen LogP contribution in [-0.4, -0.2) is 14.2 Å². The summed E-state index contributed by atoms with van der Waals surface area (Å²) in [6, 6.07) is 18.0. The molecular formula is C23H25ClO2S. The van der Waals surface area contributed by atoms with Crippen LogP contribution in [-0.2, 0) is 22.0 Å². The molecule has 0 aromatic heterocycles. The average Bonchev–Trinajstić information content (AvgIpc) is 3.22. The summed E-state index contributed by atoms with van der Waals surface area (Å²) in [5.41, 5.74) is 1.75. The number of halogens is 1. The third-order valence-corrected chi connectivity index (χ3v) is 9.27. The zero-order valence-corrected chi connectivity index (χ0v) is 17.2. The SMILES string of the molecule is Cc1ccc(S(=O)[C@@]2(Cl)[C@H](CCc3ccccc3)[C@]23CCCCC3=O)cc1. The first-order chi connectivity index (χ1) is 13.0. The Hall–Kier alpha value is -1.45. The summed E-state index contributed by atoms with van der Waals surface area (Å²) in [5, 5.41) is 0. The number of aryl methyl sites for hydroxylation is 2. The van der Waals surface area contributed by atoms with Crippen LogP contribution in [0.2, 0.25) is 0 Å². The monoisotopic (exact) mass is 400 g/mol. The Labute approximate surface area is 168 Å². The second-order valence-corrected chi connectivity index (χ2v) is 10.4. The Morgan fingerprint density at radius 2 is 1.78 bits per heavy atom. The van der Waals surface area contributed by atoms with E-state index in [1.165, 1.54) is 5.56 Å². The molecule has 0 aliphatic heterocycles. The molecule has 4 heteroatoms. The normalized spacial score (nSPS) is 31.0. The van der Waals surface area contributed by atoms with Gasteiger partial charge in [0, 0.05) is 17.2 Å². The highest BCUT2D eigenvalue weighted by atomic mass is 35.5. The molecule has 0 bridgehead atoms. The zero-order chi connectivity index (χ0) is 19.1. The summed E-state index contributed by atoms with van der Waals surface area (Å²) in [5.74, 6) is 0.198. The van der Waals surface area contributed by atoms with Gasteiger partial charge in [-0.15, -0.1) is 11.6 Å². The van der Waals surface area contributed by atoms with Crippen molar-refractivity contribution in [1.82, 2.24) is 0 Å². The van der Waals surface area contributed by atoms with Crippen molar-refractivity contribution in [2.24, 2.45) is 11.3 Å². The van der Waals surface area contributed by atoms with Crippen molar-refractivity contribution in [3.8, 4) is 0 Å². The van der Waals surface area contributed by atoms with Gasteiger partial charge in [0.1, 0.15) is 9.99 Å². The predicted octanol–water partition coefficient (Wildman–Crippen LogP) is 5.43. The van der Waals surface area contributed by atoms with Crippen LogP contribution in [0.4, 0.5) is 0 Å². The summed E-state index contributed by atoms with van der Waals surface area (Å²) < 4.78 is 12.5. The van der Waals surface area contributed by atoms with Crippen molar-refractivity contribution in [2.75, 3.05) is 0 Å². The first-order valence-electron chi connectivity index (χ1n) is 9.75. The lowest BCUT2D eigenvalue weighted by atomic mass is 9.82. The van der Waals surface area contributed by atoms with Gasteiger partial charge >= 0.3 is 0 Å². The Kier molecular flexibility index (Phi) is 5.02.